The molecule has 0 saturated carbocycles. The third kappa shape index (κ3) is 1.76. The van der Waals surface area contributed by atoms with Crippen LogP contribution in [0.1, 0.15) is 26.2 Å². The molecule has 2 atom stereocenters. The minimum Gasteiger partial charge on any atom is -0.479 e. The summed E-state index contributed by atoms with van der Waals surface area (Å²) in [4.78, 5) is 10.8. The Morgan fingerprint density at radius 3 is 2.75 bits per heavy atom. The highest BCUT2D eigenvalue weighted by Gasteiger charge is 2.43. The van der Waals surface area contributed by atoms with Gasteiger partial charge >= 0.3 is 5.97 Å². The summed E-state index contributed by atoms with van der Waals surface area (Å²) >= 11 is 0. The van der Waals surface area contributed by atoms with Crippen LogP contribution in [-0.2, 0) is 9.53 Å². The molecule has 0 aromatic carbocycles. The monoisotopic (exact) mass is 174 g/mol. The molecule has 1 fully saturated rings. The molecule has 0 amide bonds. The lowest BCUT2D eigenvalue weighted by Crippen LogP contribution is -2.40. The number of aliphatic hydroxyl groups is 1. The second-order valence-electron chi connectivity index (χ2n) is 3.30. The third-order valence-corrected chi connectivity index (χ3v) is 2.12. The van der Waals surface area contributed by atoms with E-state index < -0.39 is 17.7 Å². The first-order valence-electron chi connectivity index (χ1n) is 4.12. The number of aliphatic carboxylic acids is 1. The van der Waals surface area contributed by atoms with Gasteiger partial charge < -0.3 is 14.9 Å². The first kappa shape index (κ1) is 9.48. The van der Waals surface area contributed by atoms with Crippen molar-refractivity contribution in [2.45, 2.75) is 37.9 Å². The zero-order valence-electron chi connectivity index (χ0n) is 7.12. The summed E-state index contributed by atoms with van der Waals surface area (Å²) in [7, 11) is 0. The molecule has 0 aliphatic carbocycles. The van der Waals surface area contributed by atoms with Crippen LogP contribution in [0.5, 0.6) is 0 Å². The predicted molar refractivity (Wildman–Crippen MR) is 41.9 cm³/mol. The maximum absolute atomic E-state index is 10.8. The van der Waals surface area contributed by atoms with Gasteiger partial charge in [-0.3, -0.25) is 0 Å². The van der Waals surface area contributed by atoms with Crippen molar-refractivity contribution in [1.82, 2.24) is 0 Å². The lowest BCUT2D eigenvalue weighted by Gasteiger charge is -2.24. The number of hydrogen-bond acceptors (Lipinski definition) is 3. The zero-order valence-corrected chi connectivity index (χ0v) is 7.12. The number of ether oxygens (including phenoxy) is 1. The van der Waals surface area contributed by atoms with Gasteiger partial charge in [-0.05, 0) is 19.8 Å². The molecule has 1 saturated heterocycles. The van der Waals surface area contributed by atoms with Crippen molar-refractivity contribution in [1.29, 1.82) is 0 Å². The number of carboxylic acids is 1. The Hall–Kier alpha value is -0.610. The molecule has 1 rings (SSSR count). The molecule has 2 N–H and O–H groups in total. The second kappa shape index (κ2) is 3.41. The van der Waals surface area contributed by atoms with E-state index in [-0.39, 0.29) is 6.42 Å². The molecule has 0 bridgehead atoms. The fourth-order valence-corrected chi connectivity index (χ4v) is 1.59. The summed E-state index contributed by atoms with van der Waals surface area (Å²) < 4.78 is 5.15. The van der Waals surface area contributed by atoms with Crippen molar-refractivity contribution in [3.8, 4) is 0 Å². The SMILES string of the molecule is CC(O)CC1(C(=O)O)CCCO1. The fourth-order valence-electron chi connectivity index (χ4n) is 1.59. The average Bonchev–Trinajstić information content (AvgIpc) is 2.35. The molecule has 1 heterocycles. The summed E-state index contributed by atoms with van der Waals surface area (Å²) in [5.41, 5.74) is -1.12. The van der Waals surface area contributed by atoms with E-state index in [4.69, 9.17) is 14.9 Å². The Bertz CT molecular complexity index is 170. The van der Waals surface area contributed by atoms with Crippen LogP contribution >= 0.6 is 0 Å². The van der Waals surface area contributed by atoms with Gasteiger partial charge in [0.25, 0.3) is 0 Å². The fraction of sp³-hybridized carbons (Fsp3) is 0.875. The van der Waals surface area contributed by atoms with Crippen LogP contribution in [-0.4, -0.2) is 34.5 Å². The molecule has 1 aliphatic heterocycles. The van der Waals surface area contributed by atoms with E-state index in [0.717, 1.165) is 6.42 Å². The predicted octanol–water partition coefficient (Wildman–Crippen LogP) is 0.391. The number of rotatable bonds is 3. The number of carboxylic acid groups (broad SMARTS) is 1. The molecule has 12 heavy (non-hydrogen) atoms. The summed E-state index contributed by atoms with van der Waals surface area (Å²) in [5, 5.41) is 18.0. The minimum atomic E-state index is -1.12. The van der Waals surface area contributed by atoms with E-state index in [1.807, 2.05) is 0 Å². The first-order valence-corrected chi connectivity index (χ1v) is 4.12. The molecule has 0 aromatic heterocycles. The van der Waals surface area contributed by atoms with Crippen LogP contribution in [0.2, 0.25) is 0 Å². The highest BCUT2D eigenvalue weighted by molar-refractivity contribution is 5.77. The van der Waals surface area contributed by atoms with Crippen LogP contribution in [0.15, 0.2) is 0 Å². The lowest BCUT2D eigenvalue weighted by atomic mass is 9.93. The normalized spacial score (nSPS) is 31.8. The largest absolute Gasteiger partial charge is 0.479 e. The van der Waals surface area contributed by atoms with Gasteiger partial charge in [-0.25, -0.2) is 4.79 Å². The van der Waals surface area contributed by atoms with Crippen LogP contribution in [0.4, 0.5) is 0 Å². The van der Waals surface area contributed by atoms with Gasteiger partial charge in [-0.2, -0.15) is 0 Å². The van der Waals surface area contributed by atoms with Crippen LogP contribution in [0, 0.1) is 0 Å². The molecular weight excluding hydrogens is 160 g/mol. The van der Waals surface area contributed by atoms with Crippen LogP contribution < -0.4 is 0 Å². The lowest BCUT2D eigenvalue weighted by molar-refractivity contribution is -0.163. The second-order valence-corrected chi connectivity index (χ2v) is 3.30. The van der Waals surface area contributed by atoms with Gasteiger partial charge in [-0.15, -0.1) is 0 Å². The number of carbonyl (C=O) groups is 1. The van der Waals surface area contributed by atoms with Crippen molar-refractivity contribution >= 4 is 5.97 Å². The van der Waals surface area contributed by atoms with E-state index in [1.54, 1.807) is 6.92 Å². The zero-order chi connectivity index (χ0) is 9.19. The Morgan fingerprint density at radius 1 is 1.75 bits per heavy atom. The molecule has 1 aliphatic rings. The third-order valence-electron chi connectivity index (χ3n) is 2.12. The van der Waals surface area contributed by atoms with Crippen molar-refractivity contribution in [2.75, 3.05) is 6.61 Å². The topological polar surface area (TPSA) is 66.8 Å². The average molecular weight is 174 g/mol. The quantitative estimate of drug-likeness (QED) is 0.649. The van der Waals surface area contributed by atoms with Crippen molar-refractivity contribution in [2.24, 2.45) is 0 Å². The molecule has 0 radical (unpaired) electrons. The Morgan fingerprint density at radius 2 is 2.42 bits per heavy atom. The molecule has 4 nitrogen and oxygen atoms in total. The van der Waals surface area contributed by atoms with Gasteiger partial charge in [0, 0.05) is 13.0 Å². The maximum Gasteiger partial charge on any atom is 0.336 e. The van der Waals surface area contributed by atoms with Gasteiger partial charge in [0.15, 0.2) is 5.60 Å². The molecule has 0 spiro atoms. The molecule has 70 valence electrons. The highest BCUT2D eigenvalue weighted by atomic mass is 16.5. The van der Waals surface area contributed by atoms with E-state index in [9.17, 15) is 4.79 Å². The van der Waals surface area contributed by atoms with E-state index in [0.29, 0.717) is 13.0 Å². The van der Waals surface area contributed by atoms with Crippen LogP contribution in [0.25, 0.3) is 0 Å². The number of hydrogen-bond donors (Lipinski definition) is 2. The Labute approximate surface area is 71.2 Å². The smallest absolute Gasteiger partial charge is 0.336 e. The maximum atomic E-state index is 10.8. The van der Waals surface area contributed by atoms with Crippen LogP contribution in [0.3, 0.4) is 0 Å². The van der Waals surface area contributed by atoms with E-state index in [2.05, 4.69) is 0 Å². The molecule has 0 aromatic rings. The van der Waals surface area contributed by atoms with Gasteiger partial charge in [0.2, 0.25) is 0 Å². The summed E-state index contributed by atoms with van der Waals surface area (Å²) in [6.45, 7) is 2.06. The highest BCUT2D eigenvalue weighted by Crippen LogP contribution is 2.30. The molecule has 4 heteroatoms. The van der Waals surface area contributed by atoms with E-state index in [1.165, 1.54) is 0 Å². The summed E-state index contributed by atoms with van der Waals surface area (Å²) in [5.74, 6) is -0.957. The van der Waals surface area contributed by atoms with E-state index >= 15 is 0 Å². The van der Waals surface area contributed by atoms with Crippen molar-refractivity contribution in [3.05, 3.63) is 0 Å². The Kier molecular flexibility index (Phi) is 2.69. The van der Waals surface area contributed by atoms with Crippen molar-refractivity contribution < 1.29 is 19.7 Å². The standard InChI is InChI=1S/C8H14O4/c1-6(9)5-8(7(10)11)3-2-4-12-8/h6,9H,2-5H2,1H3,(H,10,11). The first-order chi connectivity index (χ1) is 5.57. The number of aliphatic hydroxyl groups excluding tert-OH is 1. The minimum absolute atomic E-state index is 0.183. The summed E-state index contributed by atoms with van der Waals surface area (Å²) in [6, 6.07) is 0. The summed E-state index contributed by atoms with van der Waals surface area (Å²) in [6.07, 6.45) is 0.827. The molecule has 2 unspecified atom stereocenters. The molecular formula is C8H14O4. The Balaban J connectivity index is 2.65. The van der Waals surface area contributed by atoms with Gasteiger partial charge in [0.05, 0.1) is 6.10 Å². The van der Waals surface area contributed by atoms with Gasteiger partial charge in [-0.1, -0.05) is 0 Å². The van der Waals surface area contributed by atoms with Gasteiger partial charge in [0.1, 0.15) is 0 Å². The van der Waals surface area contributed by atoms with Crippen molar-refractivity contribution in [3.63, 3.8) is 0 Å².